The first-order valence-electron chi connectivity index (χ1n) is 6.74. The summed E-state index contributed by atoms with van der Waals surface area (Å²) in [5.74, 6) is 0.882. The lowest BCUT2D eigenvalue weighted by Crippen LogP contribution is -2.47. The average Bonchev–Trinajstić information content (AvgIpc) is 2.87. The molecule has 2 aliphatic rings. The van der Waals surface area contributed by atoms with Crippen molar-refractivity contribution in [3.63, 3.8) is 0 Å². The van der Waals surface area contributed by atoms with Gasteiger partial charge in [0.05, 0.1) is 0 Å². The Balaban J connectivity index is 1.70. The maximum absolute atomic E-state index is 12.0. The molecule has 7 heteroatoms. The quantitative estimate of drug-likeness (QED) is 0.844. The van der Waals surface area contributed by atoms with Crippen molar-refractivity contribution in [3.8, 4) is 0 Å². The number of hydrogen-bond acceptors (Lipinski definition) is 6. The monoisotopic (exact) mass is 289 g/mol. The van der Waals surface area contributed by atoms with Gasteiger partial charge in [-0.25, -0.2) is 0 Å². The van der Waals surface area contributed by atoms with Crippen molar-refractivity contribution in [2.24, 2.45) is 5.92 Å². The van der Waals surface area contributed by atoms with Crippen LogP contribution in [0.4, 0.5) is 10.3 Å². The van der Waals surface area contributed by atoms with Gasteiger partial charge >= 0.3 is 0 Å². The highest BCUT2D eigenvalue weighted by Crippen LogP contribution is 2.37. The molecule has 0 aromatic carbocycles. The number of nitrogen functional groups attached to an aromatic ring is 1. The Kier molecular flexibility index (Phi) is 2.56. The number of hydrogen-bond donors (Lipinski definition) is 1. The van der Waals surface area contributed by atoms with Crippen LogP contribution in [-0.4, -0.2) is 27.9 Å². The van der Waals surface area contributed by atoms with E-state index >= 15 is 0 Å². The van der Waals surface area contributed by atoms with Crippen molar-refractivity contribution in [2.75, 3.05) is 23.7 Å². The molecule has 0 radical (unpaired) electrons. The topological polar surface area (TPSA) is 77.0 Å². The first-order valence-corrected chi connectivity index (χ1v) is 7.56. The normalized spacial score (nSPS) is 24.5. The molecule has 4 heterocycles. The van der Waals surface area contributed by atoms with Crippen molar-refractivity contribution >= 4 is 21.6 Å². The molecule has 2 atom stereocenters. The van der Waals surface area contributed by atoms with Gasteiger partial charge in [-0.15, -0.1) is 10.2 Å². The summed E-state index contributed by atoms with van der Waals surface area (Å²) in [5.41, 5.74) is 6.94. The number of anilines is 2. The van der Waals surface area contributed by atoms with E-state index in [0.29, 0.717) is 17.0 Å². The van der Waals surface area contributed by atoms with E-state index in [9.17, 15) is 4.79 Å². The van der Waals surface area contributed by atoms with Crippen molar-refractivity contribution in [1.82, 2.24) is 14.8 Å². The molecule has 0 spiro atoms. The van der Waals surface area contributed by atoms with E-state index in [1.165, 1.54) is 11.3 Å². The molecule has 0 amide bonds. The van der Waals surface area contributed by atoms with Crippen molar-refractivity contribution < 1.29 is 0 Å². The summed E-state index contributed by atoms with van der Waals surface area (Å²) in [5, 5.41) is 9.43. The van der Waals surface area contributed by atoms with E-state index in [2.05, 4.69) is 21.2 Å². The van der Waals surface area contributed by atoms with E-state index in [1.807, 2.05) is 10.6 Å². The third-order valence-corrected chi connectivity index (χ3v) is 4.99. The maximum atomic E-state index is 12.0. The number of rotatable bonds is 1. The molecular weight excluding hydrogens is 274 g/mol. The molecule has 104 valence electrons. The fourth-order valence-corrected chi connectivity index (χ4v) is 4.04. The lowest BCUT2D eigenvalue weighted by molar-refractivity contribution is 0.281. The average molecular weight is 289 g/mol. The number of pyridine rings is 1. The second-order valence-electron chi connectivity index (χ2n) is 5.53. The molecule has 4 rings (SSSR count). The minimum atomic E-state index is 0.116. The predicted molar refractivity (Wildman–Crippen MR) is 78.1 cm³/mol. The van der Waals surface area contributed by atoms with Gasteiger partial charge in [0.2, 0.25) is 10.3 Å². The molecule has 2 N–H and O–H groups in total. The van der Waals surface area contributed by atoms with Crippen LogP contribution in [0.25, 0.3) is 0 Å². The van der Waals surface area contributed by atoms with Crippen LogP contribution < -0.4 is 16.2 Å². The molecule has 0 aliphatic carbocycles. The third kappa shape index (κ3) is 1.81. The van der Waals surface area contributed by atoms with Gasteiger partial charge in [-0.3, -0.25) is 4.79 Å². The highest BCUT2D eigenvalue weighted by Gasteiger charge is 2.35. The van der Waals surface area contributed by atoms with E-state index in [1.54, 1.807) is 6.07 Å². The first kappa shape index (κ1) is 11.9. The number of piperidine rings is 1. The van der Waals surface area contributed by atoms with Gasteiger partial charge in [0.1, 0.15) is 0 Å². The lowest BCUT2D eigenvalue weighted by atomic mass is 9.83. The summed E-state index contributed by atoms with van der Waals surface area (Å²) in [6, 6.07) is 5.57. The van der Waals surface area contributed by atoms with Crippen LogP contribution >= 0.6 is 11.3 Å². The van der Waals surface area contributed by atoms with E-state index < -0.39 is 0 Å². The van der Waals surface area contributed by atoms with Crippen LogP contribution in [0.15, 0.2) is 23.0 Å². The predicted octanol–water partition coefficient (Wildman–Crippen LogP) is 0.906. The first-order chi connectivity index (χ1) is 9.70. The second kappa shape index (κ2) is 4.31. The molecule has 1 fully saturated rings. The standard InChI is InChI=1S/C13H15N5OS/c14-12-15-16-13(20-12)17-5-8-4-9(7-17)10-2-1-3-11(19)18(10)6-8/h1-3,8-9H,4-7H2,(H2,14,15)/t8-,9-/m0/s1. The van der Waals surface area contributed by atoms with Crippen LogP contribution in [0, 0.1) is 5.92 Å². The summed E-state index contributed by atoms with van der Waals surface area (Å²) in [6.07, 6.45) is 1.15. The Morgan fingerprint density at radius 3 is 2.95 bits per heavy atom. The van der Waals surface area contributed by atoms with E-state index in [0.717, 1.165) is 36.9 Å². The summed E-state index contributed by atoms with van der Waals surface area (Å²) in [4.78, 5) is 14.2. The van der Waals surface area contributed by atoms with Crippen LogP contribution in [0.1, 0.15) is 18.0 Å². The Morgan fingerprint density at radius 2 is 2.15 bits per heavy atom. The third-order valence-electron chi connectivity index (χ3n) is 4.18. The Bertz CT molecular complexity index is 709. The lowest BCUT2D eigenvalue weighted by Gasteiger charge is -2.42. The summed E-state index contributed by atoms with van der Waals surface area (Å²) in [7, 11) is 0. The van der Waals surface area contributed by atoms with Crippen molar-refractivity contribution in [3.05, 3.63) is 34.2 Å². The molecule has 1 saturated heterocycles. The maximum Gasteiger partial charge on any atom is 0.250 e. The molecule has 6 nitrogen and oxygen atoms in total. The number of nitrogens with zero attached hydrogens (tertiary/aromatic N) is 4. The smallest absolute Gasteiger partial charge is 0.250 e. The highest BCUT2D eigenvalue weighted by molar-refractivity contribution is 7.18. The van der Waals surface area contributed by atoms with Gasteiger partial charge in [0.15, 0.2) is 0 Å². The zero-order valence-electron chi connectivity index (χ0n) is 10.9. The van der Waals surface area contributed by atoms with E-state index in [4.69, 9.17) is 5.73 Å². The zero-order chi connectivity index (χ0) is 13.7. The number of nitrogens with two attached hydrogens (primary N) is 1. The van der Waals surface area contributed by atoms with Gasteiger partial charge in [-0.2, -0.15) is 0 Å². The van der Waals surface area contributed by atoms with Crippen molar-refractivity contribution in [2.45, 2.75) is 18.9 Å². The Hall–Kier alpha value is -1.89. The van der Waals surface area contributed by atoms with Crippen LogP contribution in [0.3, 0.4) is 0 Å². The fraction of sp³-hybridized carbons (Fsp3) is 0.462. The Morgan fingerprint density at radius 1 is 1.25 bits per heavy atom. The van der Waals surface area contributed by atoms with Gasteiger partial charge in [0, 0.05) is 37.3 Å². The fourth-order valence-electron chi connectivity index (χ4n) is 3.41. The minimum absolute atomic E-state index is 0.116. The van der Waals surface area contributed by atoms with Crippen LogP contribution in [0.5, 0.6) is 0 Å². The largest absolute Gasteiger partial charge is 0.374 e. The van der Waals surface area contributed by atoms with E-state index in [-0.39, 0.29) is 5.56 Å². The van der Waals surface area contributed by atoms with Gasteiger partial charge < -0.3 is 15.2 Å². The molecule has 0 saturated carbocycles. The summed E-state index contributed by atoms with van der Waals surface area (Å²) >= 11 is 1.43. The number of fused-ring (bicyclic) bond motifs is 4. The van der Waals surface area contributed by atoms with Crippen LogP contribution in [0.2, 0.25) is 0 Å². The Labute approximate surface area is 119 Å². The number of aromatic nitrogens is 3. The zero-order valence-corrected chi connectivity index (χ0v) is 11.7. The minimum Gasteiger partial charge on any atom is -0.374 e. The van der Waals surface area contributed by atoms with Gasteiger partial charge in [-0.05, 0) is 18.4 Å². The van der Waals surface area contributed by atoms with Crippen LogP contribution in [-0.2, 0) is 6.54 Å². The second-order valence-corrected chi connectivity index (χ2v) is 6.51. The summed E-state index contributed by atoms with van der Waals surface area (Å²) < 4.78 is 1.94. The van der Waals surface area contributed by atoms with Gasteiger partial charge in [-0.1, -0.05) is 17.4 Å². The SMILES string of the molecule is Nc1nnc(N2C[C@@H]3C[C@@H](C2)c2cccc(=O)n2C3)s1. The molecule has 0 unspecified atom stereocenters. The molecule has 2 aromatic heterocycles. The molecule has 2 aromatic rings. The highest BCUT2D eigenvalue weighted by atomic mass is 32.1. The molecule has 20 heavy (non-hydrogen) atoms. The van der Waals surface area contributed by atoms with Gasteiger partial charge in [0.25, 0.3) is 5.56 Å². The van der Waals surface area contributed by atoms with Crippen molar-refractivity contribution in [1.29, 1.82) is 0 Å². The summed E-state index contributed by atoms with van der Waals surface area (Å²) in [6.45, 7) is 2.61. The molecular formula is C13H15N5OS. The molecule has 2 bridgehead atoms. The molecule has 2 aliphatic heterocycles.